The maximum atomic E-state index is 13.3. The summed E-state index contributed by atoms with van der Waals surface area (Å²) in [5, 5.41) is 0. The molecule has 0 aliphatic carbocycles. The molecular formula is C19H19FN2O2S. The molecule has 0 spiro atoms. The molecule has 0 saturated heterocycles. The van der Waals surface area contributed by atoms with Crippen LogP contribution in [0.1, 0.15) is 22.8 Å². The second-order valence-electron chi connectivity index (χ2n) is 5.63. The van der Waals surface area contributed by atoms with Crippen molar-refractivity contribution in [2.45, 2.75) is 20.4 Å². The smallest absolute Gasteiger partial charge is 0.279 e. The molecule has 0 unspecified atom stereocenters. The van der Waals surface area contributed by atoms with Crippen molar-refractivity contribution in [1.82, 2.24) is 4.57 Å². The number of hydrogen-bond donors (Lipinski definition) is 0. The van der Waals surface area contributed by atoms with Gasteiger partial charge in [0, 0.05) is 18.7 Å². The summed E-state index contributed by atoms with van der Waals surface area (Å²) < 4.78 is 21.8. The predicted octanol–water partition coefficient (Wildman–Crippen LogP) is 3.93. The molecule has 25 heavy (non-hydrogen) atoms. The van der Waals surface area contributed by atoms with Crippen LogP contribution in [-0.2, 0) is 11.3 Å². The van der Waals surface area contributed by atoms with E-state index in [0.717, 1.165) is 15.8 Å². The van der Waals surface area contributed by atoms with Gasteiger partial charge in [0.25, 0.3) is 5.91 Å². The van der Waals surface area contributed by atoms with Crippen LogP contribution in [0.3, 0.4) is 0 Å². The van der Waals surface area contributed by atoms with Gasteiger partial charge in [0.15, 0.2) is 4.80 Å². The number of nitrogens with zero attached hydrogens (tertiary/aromatic N) is 2. The summed E-state index contributed by atoms with van der Waals surface area (Å²) in [7, 11) is 0. The fourth-order valence-electron chi connectivity index (χ4n) is 2.55. The molecular weight excluding hydrogens is 339 g/mol. The normalized spacial score (nSPS) is 12.0. The van der Waals surface area contributed by atoms with E-state index >= 15 is 0 Å². The van der Waals surface area contributed by atoms with Crippen LogP contribution >= 0.6 is 11.3 Å². The number of aryl methyl sites for hydroxylation is 1. The lowest BCUT2D eigenvalue weighted by molar-refractivity contribution is 0.0996. The highest BCUT2D eigenvalue weighted by atomic mass is 32.1. The number of benzene rings is 2. The van der Waals surface area contributed by atoms with E-state index in [1.54, 1.807) is 6.07 Å². The van der Waals surface area contributed by atoms with Gasteiger partial charge in [-0.25, -0.2) is 4.39 Å². The summed E-state index contributed by atoms with van der Waals surface area (Å²) in [6.45, 7) is 5.75. The minimum absolute atomic E-state index is 0.241. The predicted molar refractivity (Wildman–Crippen MR) is 97.3 cm³/mol. The number of rotatable bonds is 5. The van der Waals surface area contributed by atoms with Crippen LogP contribution in [0.25, 0.3) is 10.2 Å². The fraction of sp³-hybridized carbons (Fsp3) is 0.263. The lowest BCUT2D eigenvalue weighted by Crippen LogP contribution is -2.19. The van der Waals surface area contributed by atoms with Crippen LogP contribution in [-0.4, -0.2) is 23.7 Å². The molecule has 6 heteroatoms. The van der Waals surface area contributed by atoms with E-state index in [1.807, 2.05) is 30.5 Å². The van der Waals surface area contributed by atoms with Crippen molar-refractivity contribution in [2.24, 2.45) is 4.99 Å². The number of ether oxygens (including phenoxy) is 1. The highest BCUT2D eigenvalue weighted by Gasteiger charge is 2.10. The first kappa shape index (κ1) is 17.5. The first-order valence-corrected chi connectivity index (χ1v) is 8.92. The van der Waals surface area contributed by atoms with Crippen molar-refractivity contribution in [3.8, 4) is 0 Å². The van der Waals surface area contributed by atoms with E-state index in [0.29, 0.717) is 24.6 Å². The number of hydrogen-bond acceptors (Lipinski definition) is 3. The largest absolute Gasteiger partial charge is 0.380 e. The molecule has 0 atom stereocenters. The zero-order valence-electron chi connectivity index (χ0n) is 14.2. The molecule has 1 aromatic heterocycles. The van der Waals surface area contributed by atoms with Crippen LogP contribution in [0.2, 0.25) is 0 Å². The van der Waals surface area contributed by atoms with Crippen molar-refractivity contribution < 1.29 is 13.9 Å². The Labute approximate surface area is 149 Å². The average molecular weight is 358 g/mol. The Morgan fingerprint density at radius 2 is 2.12 bits per heavy atom. The summed E-state index contributed by atoms with van der Waals surface area (Å²) in [5.41, 5.74) is 2.40. The van der Waals surface area contributed by atoms with Gasteiger partial charge in [-0.3, -0.25) is 4.79 Å². The summed E-state index contributed by atoms with van der Waals surface area (Å²) in [6.07, 6.45) is 0. The summed E-state index contributed by atoms with van der Waals surface area (Å²) in [6, 6.07) is 11.7. The lowest BCUT2D eigenvalue weighted by Gasteiger charge is -2.05. The van der Waals surface area contributed by atoms with Gasteiger partial charge >= 0.3 is 0 Å². The summed E-state index contributed by atoms with van der Waals surface area (Å²) in [4.78, 5) is 17.2. The van der Waals surface area contributed by atoms with Gasteiger partial charge in [0.05, 0.1) is 16.8 Å². The van der Waals surface area contributed by atoms with Crippen LogP contribution in [0.4, 0.5) is 4.39 Å². The van der Waals surface area contributed by atoms with Gasteiger partial charge in [0.2, 0.25) is 0 Å². The second-order valence-corrected chi connectivity index (χ2v) is 6.64. The molecule has 3 rings (SSSR count). The Kier molecular flexibility index (Phi) is 5.40. The molecule has 0 aliphatic rings. The number of halogens is 1. The third kappa shape index (κ3) is 4.03. The van der Waals surface area contributed by atoms with Gasteiger partial charge in [-0.15, -0.1) is 0 Å². The van der Waals surface area contributed by atoms with Crippen LogP contribution < -0.4 is 4.80 Å². The summed E-state index contributed by atoms with van der Waals surface area (Å²) in [5.74, 6) is -0.898. The first-order chi connectivity index (χ1) is 12.1. The molecule has 0 N–H and O–H groups in total. The van der Waals surface area contributed by atoms with Gasteiger partial charge in [-0.2, -0.15) is 4.99 Å². The highest BCUT2D eigenvalue weighted by molar-refractivity contribution is 7.16. The van der Waals surface area contributed by atoms with Crippen molar-refractivity contribution >= 4 is 27.5 Å². The molecule has 0 aliphatic heterocycles. The summed E-state index contributed by atoms with van der Waals surface area (Å²) >= 11 is 1.45. The molecule has 0 fully saturated rings. The number of fused-ring (bicyclic) bond motifs is 1. The molecule has 2 aromatic carbocycles. The quantitative estimate of drug-likeness (QED) is 0.649. The standard InChI is InChI=1S/C19H19FN2O2S/c1-3-24-10-9-22-16-8-7-13(2)11-17(16)25-19(22)21-18(23)14-5-4-6-15(20)12-14/h4-8,11-12H,3,9-10H2,1-2H3. The van der Waals surface area contributed by atoms with E-state index in [2.05, 4.69) is 11.1 Å². The van der Waals surface area contributed by atoms with Crippen molar-refractivity contribution in [2.75, 3.05) is 13.2 Å². The maximum absolute atomic E-state index is 13.3. The molecule has 1 amide bonds. The molecule has 0 radical (unpaired) electrons. The van der Waals surface area contributed by atoms with Gasteiger partial charge in [-0.05, 0) is 49.7 Å². The number of carbonyl (C=O) groups excluding carboxylic acids is 1. The molecule has 0 saturated carbocycles. The topological polar surface area (TPSA) is 43.6 Å². The van der Waals surface area contributed by atoms with E-state index in [9.17, 15) is 9.18 Å². The Morgan fingerprint density at radius 3 is 2.88 bits per heavy atom. The van der Waals surface area contributed by atoms with E-state index in [-0.39, 0.29) is 5.56 Å². The second kappa shape index (κ2) is 7.72. The number of aromatic nitrogens is 1. The minimum atomic E-state index is -0.451. The lowest BCUT2D eigenvalue weighted by atomic mass is 10.2. The van der Waals surface area contributed by atoms with Crippen molar-refractivity contribution in [3.63, 3.8) is 0 Å². The number of amides is 1. The minimum Gasteiger partial charge on any atom is -0.380 e. The molecule has 4 nitrogen and oxygen atoms in total. The van der Waals surface area contributed by atoms with Crippen LogP contribution in [0.15, 0.2) is 47.5 Å². The number of carbonyl (C=O) groups is 1. The average Bonchev–Trinajstić information content (AvgIpc) is 2.91. The van der Waals surface area contributed by atoms with Crippen molar-refractivity contribution in [1.29, 1.82) is 0 Å². The number of thiazole rings is 1. The van der Waals surface area contributed by atoms with Gasteiger partial charge < -0.3 is 9.30 Å². The molecule has 3 aromatic rings. The third-order valence-corrected chi connectivity index (χ3v) is 4.81. The van der Waals surface area contributed by atoms with Crippen LogP contribution in [0.5, 0.6) is 0 Å². The first-order valence-electron chi connectivity index (χ1n) is 8.11. The Balaban J connectivity index is 2.06. The SMILES string of the molecule is CCOCCn1c(=NC(=O)c2cccc(F)c2)sc2cc(C)ccc21. The third-order valence-electron chi connectivity index (χ3n) is 3.77. The Hall–Kier alpha value is -2.31. The van der Waals surface area contributed by atoms with E-state index < -0.39 is 11.7 Å². The maximum Gasteiger partial charge on any atom is 0.279 e. The van der Waals surface area contributed by atoms with Crippen LogP contribution in [0, 0.1) is 12.7 Å². The highest BCUT2D eigenvalue weighted by Crippen LogP contribution is 2.19. The molecule has 0 bridgehead atoms. The zero-order valence-corrected chi connectivity index (χ0v) is 15.0. The van der Waals surface area contributed by atoms with Gasteiger partial charge in [0.1, 0.15) is 5.82 Å². The van der Waals surface area contributed by atoms with Crippen molar-refractivity contribution in [3.05, 3.63) is 64.2 Å². The Bertz CT molecular complexity index is 975. The Morgan fingerprint density at radius 1 is 1.28 bits per heavy atom. The molecule has 1 heterocycles. The zero-order chi connectivity index (χ0) is 17.8. The fourth-order valence-corrected chi connectivity index (χ4v) is 3.71. The monoisotopic (exact) mass is 358 g/mol. The molecule has 130 valence electrons. The van der Waals surface area contributed by atoms with E-state index in [1.165, 1.54) is 29.5 Å². The van der Waals surface area contributed by atoms with Gasteiger partial charge in [-0.1, -0.05) is 23.5 Å². The van der Waals surface area contributed by atoms with E-state index in [4.69, 9.17) is 4.74 Å².